The first-order valence-corrected chi connectivity index (χ1v) is 14.8. The van der Waals surface area contributed by atoms with Crippen molar-refractivity contribution in [3.8, 4) is 28.4 Å². The van der Waals surface area contributed by atoms with Crippen LogP contribution in [0.4, 0.5) is 10.6 Å². The molecular weight excluding hydrogens is 554 g/mol. The Morgan fingerprint density at radius 3 is 2.34 bits per heavy atom. The van der Waals surface area contributed by atoms with Crippen molar-refractivity contribution in [1.82, 2.24) is 19.4 Å². The van der Waals surface area contributed by atoms with Gasteiger partial charge in [0.1, 0.15) is 40.6 Å². The normalized spacial score (nSPS) is 14.9. The molecule has 0 spiro atoms. The lowest BCUT2D eigenvalue weighted by Crippen LogP contribution is -2.35. The van der Waals surface area contributed by atoms with Gasteiger partial charge < -0.3 is 29.0 Å². The number of aromatic nitrogens is 3. The second kappa shape index (κ2) is 12.3. The summed E-state index contributed by atoms with van der Waals surface area (Å²) in [6.45, 7) is 7.40. The van der Waals surface area contributed by atoms with Gasteiger partial charge in [-0.3, -0.25) is 0 Å². The van der Waals surface area contributed by atoms with Gasteiger partial charge in [-0.15, -0.1) is 0 Å². The summed E-state index contributed by atoms with van der Waals surface area (Å²) < 4.78 is 19.2. The minimum absolute atomic E-state index is 0.0452. The quantitative estimate of drug-likeness (QED) is 0.198. The molecule has 226 valence electrons. The van der Waals surface area contributed by atoms with Crippen LogP contribution in [-0.2, 0) is 11.3 Å². The van der Waals surface area contributed by atoms with E-state index in [4.69, 9.17) is 19.2 Å². The van der Waals surface area contributed by atoms with Gasteiger partial charge in [0, 0.05) is 31.4 Å². The fourth-order valence-electron chi connectivity index (χ4n) is 5.43. The summed E-state index contributed by atoms with van der Waals surface area (Å²) in [6.07, 6.45) is 4.23. The molecule has 1 N–H and O–H groups in total. The van der Waals surface area contributed by atoms with E-state index in [9.17, 15) is 4.79 Å². The summed E-state index contributed by atoms with van der Waals surface area (Å²) in [5, 5.41) is 4.46. The molecule has 9 heteroatoms. The van der Waals surface area contributed by atoms with E-state index in [2.05, 4.69) is 33.2 Å². The Kier molecular flexibility index (Phi) is 8.11. The van der Waals surface area contributed by atoms with Crippen LogP contribution in [-0.4, -0.2) is 51.3 Å². The van der Waals surface area contributed by atoms with Crippen molar-refractivity contribution in [1.29, 1.82) is 0 Å². The van der Waals surface area contributed by atoms with Crippen LogP contribution < -0.4 is 14.8 Å². The fourth-order valence-corrected chi connectivity index (χ4v) is 5.43. The predicted molar refractivity (Wildman–Crippen MR) is 171 cm³/mol. The molecule has 0 radical (unpaired) electrons. The van der Waals surface area contributed by atoms with Crippen LogP contribution in [0.1, 0.15) is 38.8 Å². The van der Waals surface area contributed by atoms with Gasteiger partial charge in [0.15, 0.2) is 0 Å². The zero-order chi connectivity index (χ0) is 30.7. The van der Waals surface area contributed by atoms with Crippen LogP contribution in [0.25, 0.3) is 22.2 Å². The Bertz CT molecular complexity index is 1730. The van der Waals surface area contributed by atoms with E-state index in [1.807, 2.05) is 87.5 Å². The Balaban J connectivity index is 1.33. The number of fused-ring (bicyclic) bond motifs is 1. The minimum Gasteiger partial charge on any atom is -0.497 e. The molecule has 2 aromatic heterocycles. The maximum Gasteiger partial charge on any atom is 0.410 e. The number of benzene rings is 3. The second-order valence-corrected chi connectivity index (χ2v) is 11.9. The lowest BCUT2D eigenvalue weighted by Gasteiger charge is -2.24. The van der Waals surface area contributed by atoms with Gasteiger partial charge in [-0.1, -0.05) is 42.5 Å². The van der Waals surface area contributed by atoms with Crippen molar-refractivity contribution in [2.24, 2.45) is 0 Å². The van der Waals surface area contributed by atoms with E-state index < -0.39 is 5.60 Å². The molecule has 6 rings (SSSR count). The molecule has 3 aromatic carbocycles. The number of amides is 1. The summed E-state index contributed by atoms with van der Waals surface area (Å²) >= 11 is 0. The highest BCUT2D eigenvalue weighted by Crippen LogP contribution is 2.38. The molecule has 1 amide bonds. The first-order valence-electron chi connectivity index (χ1n) is 14.8. The minimum atomic E-state index is -0.545. The van der Waals surface area contributed by atoms with Gasteiger partial charge >= 0.3 is 6.09 Å². The Morgan fingerprint density at radius 2 is 1.64 bits per heavy atom. The first-order chi connectivity index (χ1) is 21.3. The molecule has 0 unspecified atom stereocenters. The SMILES string of the molecule is COc1ccc(CNc2ncnc3c2c(-c2ccc(Oc4ccccc4)cc2)cn3[C@@H]2CCN(C(=O)OC(C)(C)C)C2)cc1. The molecule has 1 atom stereocenters. The average Bonchev–Trinajstić information content (AvgIpc) is 3.67. The number of likely N-dealkylation sites (tertiary alicyclic amines) is 1. The third kappa shape index (κ3) is 6.46. The highest BCUT2D eigenvalue weighted by Gasteiger charge is 2.32. The Labute approximate surface area is 257 Å². The maximum absolute atomic E-state index is 12.8. The highest BCUT2D eigenvalue weighted by molar-refractivity contribution is 6.01. The van der Waals surface area contributed by atoms with E-state index in [-0.39, 0.29) is 12.1 Å². The van der Waals surface area contributed by atoms with Crippen LogP contribution in [0.2, 0.25) is 0 Å². The van der Waals surface area contributed by atoms with Crippen LogP contribution in [0.5, 0.6) is 17.2 Å². The summed E-state index contributed by atoms with van der Waals surface area (Å²) in [7, 11) is 1.66. The summed E-state index contributed by atoms with van der Waals surface area (Å²) in [5.41, 5.74) is 3.38. The molecule has 3 heterocycles. The van der Waals surface area contributed by atoms with Crippen LogP contribution in [0.15, 0.2) is 91.4 Å². The van der Waals surface area contributed by atoms with Crippen molar-refractivity contribution in [2.45, 2.75) is 45.4 Å². The molecular formula is C35H37N5O4. The topological polar surface area (TPSA) is 90.7 Å². The standard InChI is InChI=1S/C35H37N5O4/c1-35(2,3)44-34(41)39-19-18-26(21-39)40-22-30(25-12-16-29(17-13-25)43-28-8-6-5-7-9-28)31-32(37-23-38-33(31)40)36-20-24-10-14-27(42-4)15-11-24/h5-17,22-23,26H,18-21H2,1-4H3,(H,36,37,38)/t26-/m1/s1. The van der Waals surface area contributed by atoms with Crippen molar-refractivity contribution in [3.05, 3.63) is 97.0 Å². The predicted octanol–water partition coefficient (Wildman–Crippen LogP) is 7.69. The number of hydrogen-bond acceptors (Lipinski definition) is 7. The maximum atomic E-state index is 12.8. The first kappa shape index (κ1) is 29.0. The molecule has 1 fully saturated rings. The summed E-state index contributed by atoms with van der Waals surface area (Å²) in [5.74, 6) is 3.09. The largest absolute Gasteiger partial charge is 0.497 e. The van der Waals surface area contributed by atoms with E-state index >= 15 is 0 Å². The molecule has 1 aliphatic rings. The lowest BCUT2D eigenvalue weighted by atomic mass is 10.1. The van der Waals surface area contributed by atoms with Gasteiger partial charge in [0.05, 0.1) is 18.5 Å². The molecule has 5 aromatic rings. The number of ether oxygens (including phenoxy) is 3. The van der Waals surface area contributed by atoms with Gasteiger partial charge in [0.2, 0.25) is 0 Å². The van der Waals surface area contributed by atoms with Crippen LogP contribution in [0, 0.1) is 0 Å². The van der Waals surface area contributed by atoms with E-state index in [0.29, 0.717) is 19.6 Å². The average molecular weight is 592 g/mol. The second-order valence-electron chi connectivity index (χ2n) is 11.9. The third-order valence-corrected chi connectivity index (χ3v) is 7.58. The van der Waals surface area contributed by atoms with Gasteiger partial charge in [-0.25, -0.2) is 14.8 Å². The number of carbonyl (C=O) groups is 1. The number of nitrogens with zero attached hydrogens (tertiary/aromatic N) is 4. The Morgan fingerprint density at radius 1 is 0.932 bits per heavy atom. The fraction of sp³-hybridized carbons (Fsp3) is 0.286. The molecule has 1 saturated heterocycles. The monoisotopic (exact) mass is 591 g/mol. The Hall–Kier alpha value is -5.05. The lowest BCUT2D eigenvalue weighted by molar-refractivity contribution is 0.0289. The van der Waals surface area contributed by atoms with Crippen LogP contribution in [0.3, 0.4) is 0 Å². The van der Waals surface area contributed by atoms with Gasteiger partial charge in [-0.05, 0) is 74.7 Å². The van der Waals surface area contributed by atoms with E-state index in [1.54, 1.807) is 18.3 Å². The molecule has 9 nitrogen and oxygen atoms in total. The molecule has 0 bridgehead atoms. The van der Waals surface area contributed by atoms with Crippen molar-refractivity contribution in [2.75, 3.05) is 25.5 Å². The van der Waals surface area contributed by atoms with Crippen molar-refractivity contribution >= 4 is 22.9 Å². The number of carbonyl (C=O) groups excluding carboxylic acids is 1. The summed E-state index contributed by atoms with van der Waals surface area (Å²) in [6, 6.07) is 25.8. The number of hydrogen-bond donors (Lipinski definition) is 1. The van der Waals surface area contributed by atoms with E-state index in [1.165, 1.54) is 0 Å². The number of nitrogens with one attached hydrogen (secondary N) is 1. The summed E-state index contributed by atoms with van der Waals surface area (Å²) in [4.78, 5) is 24.0. The van der Waals surface area contributed by atoms with E-state index in [0.717, 1.165) is 57.2 Å². The van der Waals surface area contributed by atoms with Gasteiger partial charge in [-0.2, -0.15) is 0 Å². The third-order valence-electron chi connectivity index (χ3n) is 7.58. The highest BCUT2D eigenvalue weighted by atomic mass is 16.6. The number of anilines is 1. The molecule has 44 heavy (non-hydrogen) atoms. The van der Waals surface area contributed by atoms with Crippen LogP contribution >= 0.6 is 0 Å². The van der Waals surface area contributed by atoms with Gasteiger partial charge in [0.25, 0.3) is 0 Å². The van der Waals surface area contributed by atoms with Crippen molar-refractivity contribution in [3.63, 3.8) is 0 Å². The van der Waals surface area contributed by atoms with Crippen molar-refractivity contribution < 1.29 is 19.0 Å². The molecule has 0 aliphatic carbocycles. The molecule has 1 aliphatic heterocycles. The molecule has 0 saturated carbocycles. The zero-order valence-electron chi connectivity index (χ0n) is 25.5. The number of para-hydroxylation sites is 1. The number of methoxy groups -OCH3 is 1. The zero-order valence-corrected chi connectivity index (χ0v) is 25.5. The number of rotatable bonds is 8. The smallest absolute Gasteiger partial charge is 0.410 e.